The predicted octanol–water partition coefficient (Wildman–Crippen LogP) is 7.33. The first kappa shape index (κ1) is 26.8. The Kier molecular flexibility index (Phi) is 9.20. The van der Waals surface area contributed by atoms with E-state index >= 15 is 4.39 Å². The number of fused-ring (bicyclic) bond motifs is 1. The SMILES string of the molecule is COc1ccc2ncc(Cl)c([C@@H](F)CCC3(CC(=O)O)CCN(CCCCc4cccs4)CC3)c2c1. The van der Waals surface area contributed by atoms with Gasteiger partial charge in [0.2, 0.25) is 0 Å². The van der Waals surface area contributed by atoms with Crippen LogP contribution in [0, 0.1) is 5.41 Å². The molecule has 0 aliphatic carbocycles. The average molecular weight is 533 g/mol. The lowest BCUT2D eigenvalue weighted by Crippen LogP contribution is -2.41. The Morgan fingerprint density at radius 3 is 2.81 bits per heavy atom. The van der Waals surface area contributed by atoms with Gasteiger partial charge in [0.1, 0.15) is 11.9 Å². The summed E-state index contributed by atoms with van der Waals surface area (Å²) in [4.78, 5) is 19.9. The minimum atomic E-state index is -1.31. The Labute approximate surface area is 221 Å². The molecule has 8 heteroatoms. The molecule has 5 nitrogen and oxygen atoms in total. The lowest BCUT2D eigenvalue weighted by molar-refractivity contribution is -0.141. The van der Waals surface area contributed by atoms with Crippen LogP contribution >= 0.6 is 22.9 Å². The van der Waals surface area contributed by atoms with Gasteiger partial charge in [0, 0.05) is 22.0 Å². The van der Waals surface area contributed by atoms with Crippen LogP contribution in [0.3, 0.4) is 0 Å². The van der Waals surface area contributed by atoms with Gasteiger partial charge in [-0.05, 0) is 99.6 Å². The van der Waals surface area contributed by atoms with Crippen molar-refractivity contribution < 1.29 is 19.0 Å². The molecule has 1 N–H and O–H groups in total. The second kappa shape index (κ2) is 12.3. The van der Waals surface area contributed by atoms with E-state index in [9.17, 15) is 9.90 Å². The molecule has 3 heterocycles. The van der Waals surface area contributed by atoms with Crippen LogP contribution in [0.15, 0.2) is 41.9 Å². The number of aryl methyl sites for hydroxylation is 1. The molecule has 3 aromatic rings. The number of carbonyl (C=O) groups is 1. The van der Waals surface area contributed by atoms with Crippen molar-refractivity contribution in [3.8, 4) is 5.75 Å². The number of carboxylic acid groups (broad SMARTS) is 1. The molecule has 1 saturated heterocycles. The number of aromatic nitrogens is 1. The van der Waals surface area contributed by atoms with Crippen LogP contribution in [0.5, 0.6) is 5.75 Å². The van der Waals surface area contributed by atoms with E-state index in [1.54, 1.807) is 36.6 Å². The number of carboxylic acids is 1. The lowest BCUT2D eigenvalue weighted by Gasteiger charge is -2.41. The summed E-state index contributed by atoms with van der Waals surface area (Å²) in [5, 5.41) is 12.7. The minimum Gasteiger partial charge on any atom is -0.497 e. The molecular weight excluding hydrogens is 499 g/mol. The minimum absolute atomic E-state index is 0.0740. The number of hydrogen-bond acceptors (Lipinski definition) is 5. The zero-order valence-electron chi connectivity index (χ0n) is 20.7. The number of ether oxygens (including phenoxy) is 1. The molecule has 0 bridgehead atoms. The Balaban J connectivity index is 1.37. The number of hydrogen-bond donors (Lipinski definition) is 1. The zero-order valence-corrected chi connectivity index (χ0v) is 22.3. The van der Waals surface area contributed by atoms with Gasteiger partial charge in [0.05, 0.1) is 24.1 Å². The smallest absolute Gasteiger partial charge is 0.303 e. The fourth-order valence-corrected chi connectivity index (χ4v) is 6.39. The molecule has 1 fully saturated rings. The number of rotatable bonds is 12. The van der Waals surface area contributed by atoms with Gasteiger partial charge in [-0.25, -0.2) is 4.39 Å². The van der Waals surface area contributed by atoms with E-state index in [4.69, 9.17) is 16.3 Å². The van der Waals surface area contributed by atoms with Gasteiger partial charge in [-0.1, -0.05) is 17.7 Å². The van der Waals surface area contributed by atoms with Crippen molar-refractivity contribution in [2.75, 3.05) is 26.7 Å². The van der Waals surface area contributed by atoms with E-state index in [0.29, 0.717) is 28.6 Å². The quantitative estimate of drug-likeness (QED) is 0.247. The van der Waals surface area contributed by atoms with Crippen molar-refractivity contribution in [3.05, 3.63) is 57.4 Å². The first-order valence-corrected chi connectivity index (χ1v) is 13.9. The van der Waals surface area contributed by atoms with E-state index < -0.39 is 17.6 Å². The maximum atomic E-state index is 15.7. The van der Waals surface area contributed by atoms with Crippen LogP contribution in [0.2, 0.25) is 5.02 Å². The molecule has 0 spiro atoms. The van der Waals surface area contributed by atoms with Crippen molar-refractivity contribution >= 4 is 39.8 Å². The van der Waals surface area contributed by atoms with E-state index in [1.165, 1.54) is 11.1 Å². The number of methoxy groups -OCH3 is 1. The molecular formula is C28H34ClFN2O3S. The summed E-state index contributed by atoms with van der Waals surface area (Å²) >= 11 is 8.21. The standard InChI is InChI=1S/C28H34ClFN2O3S/c1-35-20-7-8-25-22(17-20)27(23(29)19-31-25)24(30)9-10-28(18-26(33)34)11-14-32(15-12-28)13-3-2-5-21-6-4-16-36-21/h4,6-8,16-17,19,24H,2-3,5,9-15,18H2,1H3,(H,33,34)/t24-/m0/s1. The lowest BCUT2D eigenvalue weighted by atomic mass is 9.71. The summed E-state index contributed by atoms with van der Waals surface area (Å²) in [6.45, 7) is 2.75. The summed E-state index contributed by atoms with van der Waals surface area (Å²) in [6.07, 6.45) is 5.94. The van der Waals surface area contributed by atoms with Gasteiger partial charge in [-0.15, -0.1) is 11.3 Å². The maximum Gasteiger partial charge on any atom is 0.303 e. The fraction of sp³-hybridized carbons (Fsp3) is 0.500. The summed E-state index contributed by atoms with van der Waals surface area (Å²) in [7, 11) is 1.57. The number of unbranched alkanes of at least 4 members (excludes halogenated alkanes) is 1. The molecule has 0 radical (unpaired) electrons. The van der Waals surface area contributed by atoms with Crippen LogP contribution in [-0.4, -0.2) is 47.7 Å². The third-order valence-corrected chi connectivity index (χ3v) is 8.72. The molecule has 194 valence electrons. The van der Waals surface area contributed by atoms with Crippen LogP contribution in [0.1, 0.15) is 61.6 Å². The van der Waals surface area contributed by atoms with E-state index in [2.05, 4.69) is 27.4 Å². The largest absolute Gasteiger partial charge is 0.497 e. The van der Waals surface area contributed by atoms with E-state index in [-0.39, 0.29) is 17.9 Å². The van der Waals surface area contributed by atoms with Crippen molar-refractivity contribution in [1.29, 1.82) is 0 Å². The normalized spacial score (nSPS) is 16.8. The molecule has 0 saturated carbocycles. The van der Waals surface area contributed by atoms with Crippen LogP contribution in [0.25, 0.3) is 10.9 Å². The molecule has 0 amide bonds. The Morgan fingerprint density at radius 1 is 1.31 bits per heavy atom. The number of pyridine rings is 1. The maximum absolute atomic E-state index is 15.7. The monoisotopic (exact) mass is 532 g/mol. The van der Waals surface area contributed by atoms with E-state index in [0.717, 1.165) is 51.7 Å². The molecule has 36 heavy (non-hydrogen) atoms. The number of alkyl halides is 1. The van der Waals surface area contributed by atoms with Gasteiger partial charge in [-0.3, -0.25) is 9.78 Å². The Bertz CT molecular complexity index is 1150. The first-order valence-electron chi connectivity index (χ1n) is 12.6. The number of nitrogens with zero attached hydrogens (tertiary/aromatic N) is 2. The third kappa shape index (κ3) is 6.75. The van der Waals surface area contributed by atoms with E-state index in [1.807, 2.05) is 0 Å². The molecule has 2 aromatic heterocycles. The molecule has 1 atom stereocenters. The van der Waals surface area contributed by atoms with Crippen LogP contribution < -0.4 is 4.74 Å². The number of benzene rings is 1. The topological polar surface area (TPSA) is 62.7 Å². The van der Waals surface area contributed by atoms with Gasteiger partial charge in [0.25, 0.3) is 0 Å². The first-order chi connectivity index (χ1) is 17.4. The highest BCUT2D eigenvalue weighted by Gasteiger charge is 2.37. The number of aliphatic carboxylic acids is 1. The molecule has 0 unspecified atom stereocenters. The summed E-state index contributed by atoms with van der Waals surface area (Å²) < 4.78 is 21.0. The Morgan fingerprint density at radius 2 is 2.11 bits per heavy atom. The number of piperidine rings is 1. The zero-order chi connectivity index (χ0) is 25.5. The van der Waals surface area contributed by atoms with Gasteiger partial charge < -0.3 is 14.7 Å². The highest BCUT2D eigenvalue weighted by atomic mass is 35.5. The number of halogens is 2. The fourth-order valence-electron chi connectivity index (χ4n) is 5.37. The van der Waals surface area contributed by atoms with Gasteiger partial charge >= 0.3 is 5.97 Å². The second-order valence-electron chi connectivity index (χ2n) is 9.86. The highest BCUT2D eigenvalue weighted by molar-refractivity contribution is 7.09. The molecule has 4 rings (SSSR count). The number of thiophene rings is 1. The van der Waals surface area contributed by atoms with Crippen molar-refractivity contribution in [1.82, 2.24) is 9.88 Å². The van der Waals surface area contributed by atoms with Crippen LogP contribution in [-0.2, 0) is 11.2 Å². The highest BCUT2D eigenvalue weighted by Crippen LogP contribution is 2.44. The molecule has 1 aliphatic heterocycles. The summed E-state index contributed by atoms with van der Waals surface area (Å²) in [5.41, 5.74) is 0.677. The average Bonchev–Trinajstić information content (AvgIpc) is 3.39. The van der Waals surface area contributed by atoms with Crippen molar-refractivity contribution in [2.45, 2.75) is 57.5 Å². The summed E-state index contributed by atoms with van der Waals surface area (Å²) in [6, 6.07) is 9.62. The Hall–Kier alpha value is -2.22. The predicted molar refractivity (Wildman–Crippen MR) is 144 cm³/mol. The van der Waals surface area contributed by atoms with Crippen molar-refractivity contribution in [3.63, 3.8) is 0 Å². The van der Waals surface area contributed by atoms with Crippen molar-refractivity contribution in [2.24, 2.45) is 5.41 Å². The van der Waals surface area contributed by atoms with Crippen LogP contribution in [0.4, 0.5) is 4.39 Å². The number of likely N-dealkylation sites (tertiary alicyclic amines) is 1. The third-order valence-electron chi connectivity index (χ3n) is 7.48. The van der Waals surface area contributed by atoms with Gasteiger partial charge in [0.15, 0.2) is 0 Å². The van der Waals surface area contributed by atoms with Gasteiger partial charge in [-0.2, -0.15) is 0 Å². The molecule has 1 aromatic carbocycles. The summed E-state index contributed by atoms with van der Waals surface area (Å²) in [5.74, 6) is -0.197. The molecule has 1 aliphatic rings. The second-order valence-corrected chi connectivity index (χ2v) is 11.3.